The molecule has 0 bridgehead atoms. The van der Waals surface area contributed by atoms with Crippen LogP contribution in [-0.2, 0) is 11.3 Å². The average Bonchev–Trinajstić information content (AvgIpc) is 2.80. The highest BCUT2D eigenvalue weighted by atomic mass is 16.5. The normalized spacial score (nSPS) is 16.8. The minimum Gasteiger partial charge on any atom is -0.496 e. The highest BCUT2D eigenvalue weighted by Gasteiger charge is 2.25. The molecule has 156 valence electrons. The molecule has 2 aromatic heterocycles. The van der Waals surface area contributed by atoms with E-state index in [9.17, 15) is 0 Å². The molecular formula is C21H24N6O3. The monoisotopic (exact) mass is 408 g/mol. The van der Waals surface area contributed by atoms with Gasteiger partial charge < -0.3 is 19.5 Å². The third-order valence-corrected chi connectivity index (χ3v) is 4.85. The summed E-state index contributed by atoms with van der Waals surface area (Å²) < 4.78 is 17.1. The summed E-state index contributed by atoms with van der Waals surface area (Å²) in [7, 11) is 3.34. The number of benzene rings is 1. The van der Waals surface area contributed by atoms with Crippen LogP contribution in [0.2, 0.25) is 0 Å². The second-order valence-electron chi connectivity index (χ2n) is 6.76. The van der Waals surface area contributed by atoms with Crippen molar-refractivity contribution in [3.63, 3.8) is 0 Å². The Morgan fingerprint density at radius 1 is 1.10 bits per heavy atom. The summed E-state index contributed by atoms with van der Waals surface area (Å²) in [6, 6.07) is 7.58. The SMILES string of the molecule is COc1cccc(OC)c1CN1CCOC(c2cncc(Nc3ncccn3)n2)C1. The molecule has 4 rings (SSSR count). The van der Waals surface area contributed by atoms with E-state index in [2.05, 4.69) is 30.2 Å². The number of aromatic nitrogens is 4. The predicted molar refractivity (Wildman–Crippen MR) is 111 cm³/mol. The number of nitrogens with zero attached hydrogens (tertiary/aromatic N) is 5. The smallest absolute Gasteiger partial charge is 0.228 e. The van der Waals surface area contributed by atoms with Crippen LogP contribution in [0.3, 0.4) is 0 Å². The fraction of sp³-hybridized carbons (Fsp3) is 0.333. The lowest BCUT2D eigenvalue weighted by Gasteiger charge is -2.33. The molecule has 1 aliphatic heterocycles. The van der Waals surface area contributed by atoms with Gasteiger partial charge in [0.05, 0.1) is 44.5 Å². The van der Waals surface area contributed by atoms with Gasteiger partial charge in [0.2, 0.25) is 5.95 Å². The number of hydrogen-bond acceptors (Lipinski definition) is 9. The molecule has 1 aliphatic rings. The molecule has 1 unspecified atom stereocenters. The van der Waals surface area contributed by atoms with E-state index in [-0.39, 0.29) is 6.10 Å². The number of ether oxygens (including phenoxy) is 3. The summed E-state index contributed by atoms with van der Waals surface area (Å²) in [6.45, 7) is 2.78. The van der Waals surface area contributed by atoms with Crippen LogP contribution in [0, 0.1) is 0 Å². The molecule has 1 aromatic carbocycles. The highest BCUT2D eigenvalue weighted by Crippen LogP contribution is 2.31. The second kappa shape index (κ2) is 9.47. The number of morpholine rings is 1. The maximum Gasteiger partial charge on any atom is 0.228 e. The lowest BCUT2D eigenvalue weighted by molar-refractivity contribution is -0.0354. The Morgan fingerprint density at radius 2 is 1.87 bits per heavy atom. The Labute approximate surface area is 175 Å². The Balaban J connectivity index is 1.48. The van der Waals surface area contributed by atoms with Crippen molar-refractivity contribution in [2.45, 2.75) is 12.6 Å². The molecule has 0 radical (unpaired) electrons. The summed E-state index contributed by atoms with van der Waals surface area (Å²) in [6.07, 6.45) is 6.52. The first kappa shape index (κ1) is 20.0. The maximum absolute atomic E-state index is 5.98. The first-order valence-electron chi connectivity index (χ1n) is 9.66. The van der Waals surface area contributed by atoms with Crippen molar-refractivity contribution in [2.75, 3.05) is 39.2 Å². The zero-order valence-electron chi connectivity index (χ0n) is 17.0. The quantitative estimate of drug-likeness (QED) is 0.633. The van der Waals surface area contributed by atoms with Gasteiger partial charge in [0, 0.05) is 32.0 Å². The summed E-state index contributed by atoms with van der Waals surface area (Å²) in [5.41, 5.74) is 1.78. The van der Waals surface area contributed by atoms with Crippen LogP contribution in [0.5, 0.6) is 11.5 Å². The van der Waals surface area contributed by atoms with Crippen molar-refractivity contribution in [3.8, 4) is 11.5 Å². The van der Waals surface area contributed by atoms with Gasteiger partial charge in [-0.3, -0.25) is 9.88 Å². The van der Waals surface area contributed by atoms with E-state index in [1.165, 1.54) is 0 Å². The van der Waals surface area contributed by atoms with Crippen molar-refractivity contribution in [1.29, 1.82) is 0 Å². The van der Waals surface area contributed by atoms with E-state index in [0.29, 0.717) is 31.5 Å². The largest absolute Gasteiger partial charge is 0.496 e. The van der Waals surface area contributed by atoms with Crippen LogP contribution in [-0.4, -0.2) is 58.8 Å². The van der Waals surface area contributed by atoms with Gasteiger partial charge in [0.1, 0.15) is 17.6 Å². The summed E-state index contributed by atoms with van der Waals surface area (Å²) >= 11 is 0. The molecule has 1 saturated heterocycles. The molecule has 0 saturated carbocycles. The van der Waals surface area contributed by atoms with Crippen molar-refractivity contribution < 1.29 is 14.2 Å². The van der Waals surface area contributed by atoms with Crippen molar-refractivity contribution in [3.05, 3.63) is 60.3 Å². The minimum atomic E-state index is -0.189. The summed E-state index contributed by atoms with van der Waals surface area (Å²) in [5.74, 6) is 2.67. The lowest BCUT2D eigenvalue weighted by atomic mass is 10.1. The fourth-order valence-electron chi connectivity index (χ4n) is 3.41. The molecule has 30 heavy (non-hydrogen) atoms. The van der Waals surface area contributed by atoms with Gasteiger partial charge in [-0.15, -0.1) is 0 Å². The number of nitrogens with one attached hydrogen (secondary N) is 1. The van der Waals surface area contributed by atoms with Gasteiger partial charge in [-0.05, 0) is 18.2 Å². The Bertz CT molecular complexity index is 950. The molecular weight excluding hydrogens is 384 g/mol. The van der Waals surface area contributed by atoms with Gasteiger partial charge >= 0.3 is 0 Å². The third-order valence-electron chi connectivity index (χ3n) is 4.85. The molecule has 1 atom stereocenters. The number of methoxy groups -OCH3 is 2. The standard InChI is InChI=1S/C21H24N6O3/c1-28-17-5-3-6-18(29-2)15(17)13-27-9-10-30-19(14-27)16-11-22-12-20(25-16)26-21-23-7-4-8-24-21/h3-8,11-12,19H,9-10,13-14H2,1-2H3,(H,23,24,25,26). The second-order valence-corrected chi connectivity index (χ2v) is 6.76. The topological polar surface area (TPSA) is 94.5 Å². The van der Waals surface area contributed by atoms with E-state index < -0.39 is 0 Å². The predicted octanol–water partition coefficient (Wildman–Crippen LogP) is 2.60. The molecule has 0 spiro atoms. The molecule has 1 N–H and O–H groups in total. The Kier molecular flexibility index (Phi) is 6.31. The number of hydrogen-bond donors (Lipinski definition) is 1. The maximum atomic E-state index is 5.98. The molecule has 0 amide bonds. The number of anilines is 2. The van der Waals surface area contributed by atoms with Crippen LogP contribution in [0.15, 0.2) is 49.1 Å². The molecule has 0 aliphatic carbocycles. The first-order chi connectivity index (χ1) is 14.8. The molecule has 3 aromatic rings. The van der Waals surface area contributed by atoms with Crippen molar-refractivity contribution >= 4 is 11.8 Å². The van der Waals surface area contributed by atoms with Crippen LogP contribution in [0.25, 0.3) is 0 Å². The summed E-state index contributed by atoms with van der Waals surface area (Å²) in [5, 5.41) is 3.07. The summed E-state index contributed by atoms with van der Waals surface area (Å²) in [4.78, 5) is 19.6. The fourth-order valence-corrected chi connectivity index (χ4v) is 3.41. The Morgan fingerprint density at radius 3 is 2.60 bits per heavy atom. The van der Waals surface area contributed by atoms with Gasteiger partial charge in [0.25, 0.3) is 0 Å². The van der Waals surface area contributed by atoms with E-state index in [1.807, 2.05) is 18.2 Å². The third kappa shape index (κ3) is 4.64. The van der Waals surface area contributed by atoms with E-state index in [1.54, 1.807) is 45.1 Å². The van der Waals surface area contributed by atoms with Gasteiger partial charge in [-0.2, -0.15) is 0 Å². The number of rotatable bonds is 7. The van der Waals surface area contributed by atoms with Crippen LogP contribution in [0.1, 0.15) is 17.4 Å². The average molecular weight is 408 g/mol. The van der Waals surface area contributed by atoms with E-state index in [0.717, 1.165) is 29.3 Å². The van der Waals surface area contributed by atoms with Crippen LogP contribution < -0.4 is 14.8 Å². The van der Waals surface area contributed by atoms with Gasteiger partial charge in [0.15, 0.2) is 5.82 Å². The minimum absolute atomic E-state index is 0.189. The zero-order chi connectivity index (χ0) is 20.8. The van der Waals surface area contributed by atoms with Crippen LogP contribution >= 0.6 is 0 Å². The zero-order valence-corrected chi connectivity index (χ0v) is 17.0. The van der Waals surface area contributed by atoms with Crippen LogP contribution in [0.4, 0.5) is 11.8 Å². The van der Waals surface area contributed by atoms with Gasteiger partial charge in [-0.25, -0.2) is 15.0 Å². The van der Waals surface area contributed by atoms with Gasteiger partial charge in [-0.1, -0.05) is 6.07 Å². The van der Waals surface area contributed by atoms with E-state index >= 15 is 0 Å². The molecule has 1 fully saturated rings. The van der Waals surface area contributed by atoms with E-state index in [4.69, 9.17) is 14.2 Å². The molecule has 3 heterocycles. The Hall–Kier alpha value is -3.30. The lowest BCUT2D eigenvalue weighted by Crippen LogP contribution is -2.38. The highest BCUT2D eigenvalue weighted by molar-refractivity contribution is 5.46. The molecule has 9 nitrogen and oxygen atoms in total. The molecule has 9 heteroatoms. The first-order valence-corrected chi connectivity index (χ1v) is 9.66. The van der Waals surface area contributed by atoms with Crippen molar-refractivity contribution in [1.82, 2.24) is 24.8 Å². The van der Waals surface area contributed by atoms with Crippen molar-refractivity contribution in [2.24, 2.45) is 0 Å².